The summed E-state index contributed by atoms with van der Waals surface area (Å²) in [5.74, 6) is 0. The van der Waals surface area contributed by atoms with Gasteiger partial charge in [0.25, 0.3) is 0 Å². The van der Waals surface area contributed by atoms with E-state index in [4.69, 9.17) is 40.6 Å². The molecule has 0 atom stereocenters. The topological polar surface area (TPSA) is 136 Å². The fourth-order valence-corrected chi connectivity index (χ4v) is 3.33. The van der Waals surface area contributed by atoms with E-state index >= 15 is 0 Å². The average molecular weight is 487 g/mol. The van der Waals surface area contributed by atoms with Crippen LogP contribution in [-0.4, -0.2) is 125 Å². The maximum absolute atomic E-state index is 8.69. The van der Waals surface area contributed by atoms with Crippen LogP contribution in [0.5, 0.6) is 0 Å². The molecule has 0 aliphatic heterocycles. The van der Waals surface area contributed by atoms with Crippen molar-refractivity contribution in [2.45, 2.75) is 13.1 Å². The lowest BCUT2D eigenvalue weighted by Crippen LogP contribution is -2.33. The second-order valence-electron chi connectivity index (χ2n) is 7.84. The van der Waals surface area contributed by atoms with Gasteiger partial charge in [0, 0.05) is 52.4 Å². The SMILES string of the molecule is NCCN(CCOCCOCCO)Cc1ccc(CN(CCN)CCOCCOCCO)cc1. The lowest BCUT2D eigenvalue weighted by Gasteiger charge is -2.23. The molecule has 1 aromatic rings. The number of hydrogen-bond donors (Lipinski definition) is 4. The van der Waals surface area contributed by atoms with Gasteiger partial charge in [-0.3, -0.25) is 9.80 Å². The lowest BCUT2D eigenvalue weighted by molar-refractivity contribution is 0.0260. The predicted octanol–water partition coefficient (Wildman–Crippen LogP) is -0.741. The molecule has 0 spiro atoms. The number of nitrogens with zero attached hydrogens (tertiary/aromatic N) is 2. The van der Waals surface area contributed by atoms with E-state index in [9.17, 15) is 0 Å². The zero-order valence-corrected chi connectivity index (χ0v) is 20.6. The van der Waals surface area contributed by atoms with Crippen molar-refractivity contribution in [2.75, 3.05) is 105 Å². The Hall–Kier alpha value is -1.18. The molecule has 198 valence electrons. The highest BCUT2D eigenvalue weighted by Crippen LogP contribution is 2.10. The fourth-order valence-electron chi connectivity index (χ4n) is 3.33. The summed E-state index contributed by atoms with van der Waals surface area (Å²) in [5.41, 5.74) is 14.0. The zero-order valence-electron chi connectivity index (χ0n) is 20.6. The molecule has 0 bridgehead atoms. The first-order chi connectivity index (χ1) is 16.7. The van der Waals surface area contributed by atoms with Crippen LogP contribution in [0.2, 0.25) is 0 Å². The Bertz CT molecular complexity index is 518. The first-order valence-electron chi connectivity index (χ1n) is 12.2. The summed E-state index contributed by atoms with van der Waals surface area (Å²) < 4.78 is 21.6. The van der Waals surface area contributed by atoms with E-state index in [1.54, 1.807) is 0 Å². The van der Waals surface area contributed by atoms with Gasteiger partial charge in [-0.2, -0.15) is 0 Å². The lowest BCUT2D eigenvalue weighted by atomic mass is 10.1. The second kappa shape index (κ2) is 22.3. The Morgan fingerprint density at radius 2 is 0.882 bits per heavy atom. The van der Waals surface area contributed by atoms with Crippen molar-refractivity contribution in [1.29, 1.82) is 0 Å². The van der Waals surface area contributed by atoms with E-state index in [-0.39, 0.29) is 13.2 Å². The van der Waals surface area contributed by atoms with Gasteiger partial charge < -0.3 is 40.6 Å². The molecular formula is C24H46N4O6. The van der Waals surface area contributed by atoms with Crippen LogP contribution in [0.25, 0.3) is 0 Å². The van der Waals surface area contributed by atoms with Gasteiger partial charge in [0.2, 0.25) is 0 Å². The third-order valence-corrected chi connectivity index (χ3v) is 5.04. The van der Waals surface area contributed by atoms with Crippen molar-refractivity contribution in [1.82, 2.24) is 9.80 Å². The summed E-state index contributed by atoms with van der Waals surface area (Å²) in [6.07, 6.45) is 0. The molecule has 0 radical (unpaired) electrons. The summed E-state index contributed by atoms with van der Waals surface area (Å²) >= 11 is 0. The number of ether oxygens (including phenoxy) is 4. The van der Waals surface area contributed by atoms with Crippen LogP contribution in [0.3, 0.4) is 0 Å². The molecule has 0 fully saturated rings. The zero-order chi connectivity index (χ0) is 24.7. The number of benzene rings is 1. The molecule has 0 unspecified atom stereocenters. The Labute approximate surface area is 204 Å². The van der Waals surface area contributed by atoms with E-state index in [0.717, 1.165) is 39.3 Å². The quantitative estimate of drug-likeness (QED) is 0.138. The standard InChI is InChI=1S/C24H46N4O6/c25-5-7-27(9-13-31-17-19-33-15-11-29)21-23-1-2-24(4-3-23)22-28(8-6-26)10-14-32-18-20-34-16-12-30/h1-4,29-30H,5-22,25-26H2. The van der Waals surface area contributed by atoms with Gasteiger partial charge in [0.05, 0.1) is 66.1 Å². The first-order valence-corrected chi connectivity index (χ1v) is 12.2. The van der Waals surface area contributed by atoms with Crippen molar-refractivity contribution < 1.29 is 29.2 Å². The van der Waals surface area contributed by atoms with Gasteiger partial charge in [-0.15, -0.1) is 0 Å². The van der Waals surface area contributed by atoms with Gasteiger partial charge in [0.15, 0.2) is 0 Å². The molecule has 0 aliphatic carbocycles. The summed E-state index contributed by atoms with van der Waals surface area (Å²) in [6, 6.07) is 8.66. The van der Waals surface area contributed by atoms with Crippen molar-refractivity contribution in [3.05, 3.63) is 35.4 Å². The van der Waals surface area contributed by atoms with E-state index < -0.39 is 0 Å². The number of aliphatic hydroxyl groups is 2. The van der Waals surface area contributed by atoms with Crippen molar-refractivity contribution in [2.24, 2.45) is 11.5 Å². The fraction of sp³-hybridized carbons (Fsp3) is 0.750. The van der Waals surface area contributed by atoms with Crippen LogP contribution in [-0.2, 0) is 32.0 Å². The van der Waals surface area contributed by atoms with Crippen LogP contribution in [0.15, 0.2) is 24.3 Å². The molecule has 0 aromatic heterocycles. The number of nitrogens with two attached hydrogens (primary N) is 2. The number of rotatable bonds is 24. The average Bonchev–Trinajstić information content (AvgIpc) is 2.84. The molecule has 10 nitrogen and oxygen atoms in total. The minimum Gasteiger partial charge on any atom is -0.394 e. The Kier molecular flexibility index (Phi) is 20.2. The summed E-state index contributed by atoms with van der Waals surface area (Å²) in [6.45, 7) is 10.1. The molecule has 0 saturated carbocycles. The maximum atomic E-state index is 8.69. The molecule has 1 rings (SSSR count). The minimum absolute atomic E-state index is 0.0328. The van der Waals surface area contributed by atoms with Crippen LogP contribution in [0, 0.1) is 0 Å². The minimum atomic E-state index is 0.0328. The van der Waals surface area contributed by atoms with E-state index in [0.29, 0.717) is 65.9 Å². The van der Waals surface area contributed by atoms with Gasteiger partial charge in [-0.1, -0.05) is 24.3 Å². The monoisotopic (exact) mass is 486 g/mol. The molecule has 0 heterocycles. The third kappa shape index (κ3) is 16.4. The Morgan fingerprint density at radius 1 is 0.529 bits per heavy atom. The van der Waals surface area contributed by atoms with Crippen LogP contribution < -0.4 is 11.5 Å². The first kappa shape index (κ1) is 30.9. The Morgan fingerprint density at radius 3 is 1.21 bits per heavy atom. The van der Waals surface area contributed by atoms with Gasteiger partial charge in [0.1, 0.15) is 0 Å². The molecule has 0 saturated heterocycles. The van der Waals surface area contributed by atoms with Crippen molar-refractivity contribution in [3.63, 3.8) is 0 Å². The number of hydrogen-bond acceptors (Lipinski definition) is 10. The van der Waals surface area contributed by atoms with Crippen LogP contribution >= 0.6 is 0 Å². The van der Waals surface area contributed by atoms with Crippen molar-refractivity contribution >= 4 is 0 Å². The largest absolute Gasteiger partial charge is 0.394 e. The van der Waals surface area contributed by atoms with Gasteiger partial charge >= 0.3 is 0 Å². The molecular weight excluding hydrogens is 440 g/mol. The second-order valence-corrected chi connectivity index (χ2v) is 7.84. The summed E-state index contributed by atoms with van der Waals surface area (Å²) in [5, 5.41) is 17.4. The highest BCUT2D eigenvalue weighted by Gasteiger charge is 2.08. The molecule has 0 aliphatic rings. The van der Waals surface area contributed by atoms with Crippen LogP contribution in [0.1, 0.15) is 11.1 Å². The molecule has 6 N–H and O–H groups in total. The van der Waals surface area contributed by atoms with Gasteiger partial charge in [-0.25, -0.2) is 0 Å². The summed E-state index contributed by atoms with van der Waals surface area (Å²) in [4.78, 5) is 4.57. The third-order valence-electron chi connectivity index (χ3n) is 5.04. The Balaban J connectivity index is 2.37. The molecule has 1 aromatic carbocycles. The smallest absolute Gasteiger partial charge is 0.0701 e. The highest BCUT2D eigenvalue weighted by molar-refractivity contribution is 5.22. The van der Waals surface area contributed by atoms with E-state index in [1.807, 2.05) is 0 Å². The summed E-state index contributed by atoms with van der Waals surface area (Å²) in [7, 11) is 0. The highest BCUT2D eigenvalue weighted by atomic mass is 16.5. The molecule has 34 heavy (non-hydrogen) atoms. The number of aliphatic hydroxyl groups excluding tert-OH is 2. The molecule has 10 heteroatoms. The van der Waals surface area contributed by atoms with E-state index in [2.05, 4.69) is 34.1 Å². The molecule has 0 amide bonds. The van der Waals surface area contributed by atoms with Crippen molar-refractivity contribution in [3.8, 4) is 0 Å². The predicted molar refractivity (Wildman–Crippen MR) is 133 cm³/mol. The van der Waals surface area contributed by atoms with E-state index in [1.165, 1.54) is 11.1 Å². The van der Waals surface area contributed by atoms with Gasteiger partial charge in [-0.05, 0) is 11.1 Å². The van der Waals surface area contributed by atoms with Crippen LogP contribution in [0.4, 0.5) is 0 Å². The maximum Gasteiger partial charge on any atom is 0.0701 e. The normalized spacial score (nSPS) is 11.7.